The summed E-state index contributed by atoms with van der Waals surface area (Å²) in [5.41, 5.74) is 3.19. The fourth-order valence-corrected chi connectivity index (χ4v) is 3.07. The Labute approximate surface area is 166 Å². The van der Waals surface area contributed by atoms with Crippen molar-refractivity contribution in [1.29, 1.82) is 0 Å². The van der Waals surface area contributed by atoms with E-state index in [-0.39, 0.29) is 23.2 Å². The third-order valence-electron chi connectivity index (χ3n) is 4.77. The van der Waals surface area contributed by atoms with Crippen molar-refractivity contribution in [2.24, 2.45) is 0 Å². The van der Waals surface area contributed by atoms with E-state index in [0.29, 0.717) is 12.2 Å². The summed E-state index contributed by atoms with van der Waals surface area (Å²) in [5.74, 6) is -0.329. The lowest BCUT2D eigenvalue weighted by atomic mass is 10.0. The first-order valence-corrected chi connectivity index (χ1v) is 9.23. The zero-order valence-corrected chi connectivity index (χ0v) is 17.1. The van der Waals surface area contributed by atoms with Crippen molar-refractivity contribution in [3.05, 3.63) is 69.3 Å². The molecule has 0 saturated heterocycles. The summed E-state index contributed by atoms with van der Waals surface area (Å²) in [4.78, 5) is 27.2. The third-order valence-corrected chi connectivity index (χ3v) is 4.77. The molecule has 0 heterocycles. The quantitative estimate of drug-likeness (QED) is 0.558. The minimum atomic E-state index is -0.492. The molecular formula is C21H28N4O3. The number of non-ortho nitro benzene ring substituents is 1. The zero-order valence-electron chi connectivity index (χ0n) is 17.1. The number of hydrogen-bond acceptors (Lipinski definition) is 5. The number of nitro groups is 1. The number of rotatable bonds is 8. The van der Waals surface area contributed by atoms with Gasteiger partial charge in [0, 0.05) is 38.5 Å². The molecule has 0 fully saturated rings. The van der Waals surface area contributed by atoms with Gasteiger partial charge < -0.3 is 15.1 Å². The van der Waals surface area contributed by atoms with Crippen molar-refractivity contribution >= 4 is 17.3 Å². The average Bonchev–Trinajstić information content (AvgIpc) is 2.67. The lowest BCUT2D eigenvalue weighted by molar-refractivity contribution is -0.384. The number of aryl methyl sites for hydroxylation is 1. The zero-order chi connectivity index (χ0) is 20.8. The molecule has 150 valence electrons. The molecule has 0 aliphatic rings. The smallest absolute Gasteiger partial charge is 0.270 e. The number of nitro benzene ring substituents is 1. The van der Waals surface area contributed by atoms with Crippen molar-refractivity contribution in [1.82, 2.24) is 10.2 Å². The van der Waals surface area contributed by atoms with Gasteiger partial charge in [0.25, 0.3) is 11.6 Å². The standard InChI is InChI=1S/C21H28N4O3/c1-6-15-7-9-16(10-8-15)20(24(4)5)14-22-21(26)18-13-17(25(27)28)11-12-19(18)23(2)3/h7-13,20H,6,14H2,1-5H3,(H,22,26). The van der Waals surface area contributed by atoms with Gasteiger partial charge in [0.1, 0.15) is 0 Å². The van der Waals surface area contributed by atoms with Crippen LogP contribution in [0.4, 0.5) is 11.4 Å². The Morgan fingerprint density at radius 2 is 1.75 bits per heavy atom. The van der Waals surface area contributed by atoms with Gasteiger partial charge >= 0.3 is 0 Å². The molecule has 2 aromatic carbocycles. The number of carbonyl (C=O) groups excluding carboxylic acids is 1. The summed E-state index contributed by atoms with van der Waals surface area (Å²) < 4.78 is 0. The number of benzene rings is 2. The third kappa shape index (κ3) is 5.07. The van der Waals surface area contributed by atoms with Gasteiger partial charge in [-0.3, -0.25) is 14.9 Å². The Hall–Kier alpha value is -2.93. The molecule has 0 spiro atoms. The molecule has 1 atom stereocenters. The molecule has 0 aliphatic heterocycles. The van der Waals surface area contributed by atoms with Crippen LogP contribution in [0, 0.1) is 10.1 Å². The maximum Gasteiger partial charge on any atom is 0.270 e. The Morgan fingerprint density at radius 1 is 1.11 bits per heavy atom. The van der Waals surface area contributed by atoms with Crippen LogP contribution < -0.4 is 10.2 Å². The Kier molecular flexibility index (Phi) is 7.12. The number of amides is 1. The van der Waals surface area contributed by atoms with Gasteiger partial charge in [-0.25, -0.2) is 0 Å². The number of hydrogen-bond donors (Lipinski definition) is 1. The first-order chi connectivity index (χ1) is 13.2. The summed E-state index contributed by atoms with van der Waals surface area (Å²) in [6.07, 6.45) is 0.976. The summed E-state index contributed by atoms with van der Waals surface area (Å²) in [6.45, 7) is 2.51. The molecule has 7 nitrogen and oxygen atoms in total. The normalized spacial score (nSPS) is 11.9. The predicted octanol–water partition coefficient (Wildman–Crippen LogP) is 3.26. The van der Waals surface area contributed by atoms with Gasteiger partial charge in [-0.05, 0) is 37.7 Å². The second kappa shape index (κ2) is 9.32. The van der Waals surface area contributed by atoms with Crippen LogP contribution in [0.3, 0.4) is 0 Å². The molecule has 0 radical (unpaired) electrons. The Balaban J connectivity index is 2.22. The highest BCUT2D eigenvalue weighted by Crippen LogP contribution is 2.25. The number of nitrogens with zero attached hydrogens (tertiary/aromatic N) is 3. The topological polar surface area (TPSA) is 78.7 Å². The van der Waals surface area contributed by atoms with Crippen LogP contribution in [-0.4, -0.2) is 50.5 Å². The van der Waals surface area contributed by atoms with Gasteiger partial charge in [-0.2, -0.15) is 0 Å². The molecule has 0 aromatic heterocycles. The highest BCUT2D eigenvalue weighted by atomic mass is 16.6. The van der Waals surface area contributed by atoms with E-state index < -0.39 is 4.92 Å². The maximum atomic E-state index is 12.8. The fourth-order valence-electron chi connectivity index (χ4n) is 3.07. The van der Waals surface area contributed by atoms with E-state index in [1.165, 1.54) is 17.7 Å². The van der Waals surface area contributed by atoms with Gasteiger partial charge in [0.2, 0.25) is 0 Å². The second-order valence-electron chi connectivity index (χ2n) is 7.14. The van der Waals surface area contributed by atoms with Crippen molar-refractivity contribution in [3.63, 3.8) is 0 Å². The summed E-state index contributed by atoms with van der Waals surface area (Å²) in [5, 5.41) is 14.0. The molecule has 1 unspecified atom stereocenters. The molecule has 2 aromatic rings. The summed E-state index contributed by atoms with van der Waals surface area (Å²) >= 11 is 0. The second-order valence-corrected chi connectivity index (χ2v) is 7.14. The molecule has 28 heavy (non-hydrogen) atoms. The van der Waals surface area contributed by atoms with Crippen LogP contribution in [0.15, 0.2) is 42.5 Å². The minimum absolute atomic E-state index is 0.00337. The van der Waals surface area contributed by atoms with Crippen molar-refractivity contribution < 1.29 is 9.72 Å². The lowest BCUT2D eigenvalue weighted by Crippen LogP contribution is -2.35. The number of nitrogens with one attached hydrogen (secondary N) is 1. The van der Waals surface area contributed by atoms with E-state index in [0.717, 1.165) is 12.0 Å². The van der Waals surface area contributed by atoms with Crippen molar-refractivity contribution in [3.8, 4) is 0 Å². The first-order valence-electron chi connectivity index (χ1n) is 9.23. The van der Waals surface area contributed by atoms with E-state index in [2.05, 4.69) is 36.5 Å². The molecular weight excluding hydrogens is 356 g/mol. The van der Waals surface area contributed by atoms with Crippen molar-refractivity contribution in [2.45, 2.75) is 19.4 Å². The van der Waals surface area contributed by atoms with E-state index in [9.17, 15) is 14.9 Å². The maximum absolute atomic E-state index is 12.8. The van der Waals surface area contributed by atoms with Gasteiger partial charge in [-0.15, -0.1) is 0 Å². The van der Waals surface area contributed by atoms with Crippen LogP contribution in [0.25, 0.3) is 0 Å². The Morgan fingerprint density at radius 3 is 2.25 bits per heavy atom. The first kappa shape index (κ1) is 21.4. The Bertz CT molecular complexity index is 832. The fraction of sp³-hybridized carbons (Fsp3) is 0.381. The largest absolute Gasteiger partial charge is 0.377 e. The van der Waals surface area contributed by atoms with E-state index in [4.69, 9.17) is 0 Å². The van der Waals surface area contributed by atoms with E-state index in [1.54, 1.807) is 25.1 Å². The van der Waals surface area contributed by atoms with Crippen LogP contribution in [0.2, 0.25) is 0 Å². The monoisotopic (exact) mass is 384 g/mol. The van der Waals surface area contributed by atoms with Gasteiger partial charge in [-0.1, -0.05) is 31.2 Å². The predicted molar refractivity (Wildman–Crippen MR) is 112 cm³/mol. The highest BCUT2D eigenvalue weighted by Gasteiger charge is 2.20. The molecule has 0 aliphatic carbocycles. The van der Waals surface area contributed by atoms with Crippen LogP contribution in [0.5, 0.6) is 0 Å². The van der Waals surface area contributed by atoms with Crippen molar-refractivity contribution in [2.75, 3.05) is 39.6 Å². The number of likely N-dealkylation sites (N-methyl/N-ethyl adjacent to an activating group) is 1. The molecule has 0 saturated carbocycles. The van der Waals surface area contributed by atoms with Crippen LogP contribution >= 0.6 is 0 Å². The molecule has 0 bridgehead atoms. The molecule has 1 amide bonds. The minimum Gasteiger partial charge on any atom is -0.377 e. The van der Waals surface area contributed by atoms with E-state index >= 15 is 0 Å². The molecule has 7 heteroatoms. The van der Waals surface area contributed by atoms with E-state index in [1.807, 2.05) is 19.0 Å². The van der Waals surface area contributed by atoms with Crippen LogP contribution in [-0.2, 0) is 6.42 Å². The summed E-state index contributed by atoms with van der Waals surface area (Å²) in [6, 6.07) is 12.7. The highest BCUT2D eigenvalue weighted by molar-refractivity contribution is 6.00. The number of carbonyl (C=O) groups is 1. The molecule has 1 N–H and O–H groups in total. The molecule has 2 rings (SSSR count). The van der Waals surface area contributed by atoms with Gasteiger partial charge in [0.05, 0.1) is 16.5 Å². The average molecular weight is 384 g/mol. The lowest BCUT2D eigenvalue weighted by Gasteiger charge is -2.26. The summed E-state index contributed by atoms with van der Waals surface area (Å²) in [7, 11) is 7.53. The SMILES string of the molecule is CCc1ccc(C(CNC(=O)c2cc([N+](=O)[O-])ccc2N(C)C)N(C)C)cc1. The van der Waals surface area contributed by atoms with Crippen LogP contribution in [0.1, 0.15) is 34.5 Å². The van der Waals surface area contributed by atoms with Gasteiger partial charge in [0.15, 0.2) is 0 Å². The number of anilines is 1.